The molecule has 0 radical (unpaired) electrons. The second-order valence-electron chi connectivity index (χ2n) is 5.20. The van der Waals surface area contributed by atoms with E-state index in [2.05, 4.69) is 5.32 Å². The van der Waals surface area contributed by atoms with Crippen molar-refractivity contribution in [3.05, 3.63) is 100 Å². The first-order chi connectivity index (χ1) is 11.6. The summed E-state index contributed by atoms with van der Waals surface area (Å²) in [6.07, 6.45) is 0. The van der Waals surface area contributed by atoms with Crippen molar-refractivity contribution < 1.29 is 9.72 Å². The van der Waals surface area contributed by atoms with Gasteiger partial charge in [-0.1, -0.05) is 36.4 Å². The second kappa shape index (κ2) is 6.75. The van der Waals surface area contributed by atoms with Crippen LogP contribution in [0.4, 0.5) is 17.1 Å². The van der Waals surface area contributed by atoms with Crippen LogP contribution in [-0.2, 0) is 0 Å². The Morgan fingerprint density at radius 2 is 1.46 bits per heavy atom. The summed E-state index contributed by atoms with van der Waals surface area (Å²) >= 11 is 0. The molecule has 5 heteroatoms. The lowest BCUT2D eigenvalue weighted by Crippen LogP contribution is -2.01. The van der Waals surface area contributed by atoms with Crippen LogP contribution in [0.5, 0.6) is 0 Å². The number of carbonyl (C=O) groups is 1. The number of nitro groups is 1. The maximum atomic E-state index is 12.3. The lowest BCUT2D eigenvalue weighted by Gasteiger charge is -2.07. The Morgan fingerprint density at radius 1 is 0.792 bits per heavy atom. The highest BCUT2D eigenvalue weighted by molar-refractivity contribution is 6.09. The number of non-ortho nitro benzene ring substituents is 1. The number of hydrogen-bond acceptors (Lipinski definition) is 4. The molecule has 0 fully saturated rings. The highest BCUT2D eigenvalue weighted by atomic mass is 16.6. The van der Waals surface area contributed by atoms with Crippen LogP contribution in [0.2, 0.25) is 0 Å². The molecular formula is C19H14N2O3. The molecule has 3 aromatic carbocycles. The van der Waals surface area contributed by atoms with Crippen molar-refractivity contribution in [2.45, 2.75) is 0 Å². The molecule has 0 aromatic heterocycles. The quantitative estimate of drug-likeness (QED) is 0.425. The molecule has 0 aliphatic rings. The Hall–Kier alpha value is -3.47. The van der Waals surface area contributed by atoms with E-state index in [1.807, 2.05) is 18.2 Å². The Bertz CT molecular complexity index is 875. The molecule has 5 nitrogen and oxygen atoms in total. The maximum Gasteiger partial charge on any atom is 0.271 e. The first-order valence-electron chi connectivity index (χ1n) is 7.35. The standard InChI is InChI=1S/C19H14N2O3/c22-19(14-5-2-1-3-6-14)15-9-11-16(12-10-15)20-17-7-4-8-18(13-17)21(23)24/h1-13,20H. The third-order valence-corrected chi connectivity index (χ3v) is 3.53. The van der Waals surface area contributed by atoms with Gasteiger partial charge in [0.1, 0.15) is 0 Å². The van der Waals surface area contributed by atoms with Crippen molar-refractivity contribution in [1.29, 1.82) is 0 Å². The van der Waals surface area contributed by atoms with Crippen molar-refractivity contribution in [2.24, 2.45) is 0 Å². The van der Waals surface area contributed by atoms with Crippen molar-refractivity contribution >= 4 is 22.8 Å². The molecule has 0 saturated heterocycles. The zero-order valence-electron chi connectivity index (χ0n) is 12.7. The van der Waals surface area contributed by atoms with Gasteiger partial charge in [-0.3, -0.25) is 14.9 Å². The molecule has 24 heavy (non-hydrogen) atoms. The molecule has 3 rings (SSSR count). The predicted octanol–water partition coefficient (Wildman–Crippen LogP) is 4.57. The van der Waals surface area contributed by atoms with Crippen molar-refractivity contribution in [1.82, 2.24) is 0 Å². The van der Waals surface area contributed by atoms with Gasteiger partial charge in [0.2, 0.25) is 0 Å². The zero-order valence-corrected chi connectivity index (χ0v) is 12.7. The van der Waals surface area contributed by atoms with Gasteiger partial charge in [-0.15, -0.1) is 0 Å². The van der Waals surface area contributed by atoms with E-state index in [0.29, 0.717) is 16.8 Å². The van der Waals surface area contributed by atoms with Crippen molar-refractivity contribution in [3.63, 3.8) is 0 Å². The van der Waals surface area contributed by atoms with Crippen molar-refractivity contribution in [3.8, 4) is 0 Å². The van der Waals surface area contributed by atoms with E-state index in [9.17, 15) is 14.9 Å². The number of benzene rings is 3. The van der Waals surface area contributed by atoms with Crippen LogP contribution in [0.25, 0.3) is 0 Å². The van der Waals surface area contributed by atoms with Crippen LogP contribution in [0.1, 0.15) is 15.9 Å². The van der Waals surface area contributed by atoms with Crippen LogP contribution in [0, 0.1) is 10.1 Å². The molecule has 0 aliphatic carbocycles. The van der Waals surface area contributed by atoms with E-state index in [1.54, 1.807) is 48.5 Å². The summed E-state index contributed by atoms with van der Waals surface area (Å²) in [5.41, 5.74) is 2.62. The molecule has 0 saturated carbocycles. The van der Waals surface area contributed by atoms with E-state index >= 15 is 0 Å². The van der Waals surface area contributed by atoms with Gasteiger partial charge < -0.3 is 5.32 Å². The van der Waals surface area contributed by atoms with Gasteiger partial charge in [0, 0.05) is 34.6 Å². The molecule has 3 aromatic rings. The number of nitro benzene ring substituents is 1. The minimum atomic E-state index is -0.438. The average Bonchev–Trinajstić information content (AvgIpc) is 2.63. The van der Waals surface area contributed by atoms with Crippen LogP contribution in [-0.4, -0.2) is 10.7 Å². The number of anilines is 2. The van der Waals surface area contributed by atoms with E-state index < -0.39 is 4.92 Å². The van der Waals surface area contributed by atoms with Crippen LogP contribution in [0.15, 0.2) is 78.9 Å². The largest absolute Gasteiger partial charge is 0.355 e. The van der Waals surface area contributed by atoms with Gasteiger partial charge in [0.15, 0.2) is 5.78 Å². The average molecular weight is 318 g/mol. The summed E-state index contributed by atoms with van der Waals surface area (Å²) in [7, 11) is 0. The normalized spacial score (nSPS) is 10.2. The fourth-order valence-electron chi connectivity index (χ4n) is 2.33. The number of ketones is 1. The third kappa shape index (κ3) is 3.47. The third-order valence-electron chi connectivity index (χ3n) is 3.53. The van der Waals surface area contributed by atoms with E-state index in [4.69, 9.17) is 0 Å². The smallest absolute Gasteiger partial charge is 0.271 e. The lowest BCUT2D eigenvalue weighted by molar-refractivity contribution is -0.384. The minimum Gasteiger partial charge on any atom is -0.355 e. The number of hydrogen-bond donors (Lipinski definition) is 1. The number of nitrogens with zero attached hydrogens (tertiary/aromatic N) is 1. The van der Waals surface area contributed by atoms with Gasteiger partial charge in [-0.05, 0) is 30.3 Å². The monoisotopic (exact) mass is 318 g/mol. The first kappa shape index (κ1) is 15.4. The lowest BCUT2D eigenvalue weighted by atomic mass is 10.0. The molecule has 118 valence electrons. The molecule has 1 N–H and O–H groups in total. The van der Waals surface area contributed by atoms with Crippen LogP contribution in [0.3, 0.4) is 0 Å². The van der Waals surface area contributed by atoms with E-state index in [1.165, 1.54) is 12.1 Å². The molecular weight excluding hydrogens is 304 g/mol. The second-order valence-corrected chi connectivity index (χ2v) is 5.20. The molecule has 0 atom stereocenters. The summed E-state index contributed by atoms with van der Waals surface area (Å²) in [4.78, 5) is 22.7. The van der Waals surface area contributed by atoms with Gasteiger partial charge in [0.05, 0.1) is 4.92 Å². The molecule has 0 bridgehead atoms. The van der Waals surface area contributed by atoms with Crippen LogP contribution < -0.4 is 5.32 Å². The van der Waals surface area contributed by atoms with Gasteiger partial charge in [-0.25, -0.2) is 0 Å². The Balaban J connectivity index is 1.76. The number of carbonyl (C=O) groups excluding carboxylic acids is 1. The Morgan fingerprint density at radius 3 is 2.12 bits per heavy atom. The van der Waals surface area contributed by atoms with E-state index in [0.717, 1.165) is 5.69 Å². The minimum absolute atomic E-state index is 0.0240. The molecule has 0 aliphatic heterocycles. The SMILES string of the molecule is O=C(c1ccccc1)c1ccc(Nc2cccc([N+](=O)[O-])c2)cc1. The topological polar surface area (TPSA) is 72.2 Å². The Kier molecular flexibility index (Phi) is 4.34. The van der Waals surface area contributed by atoms with Gasteiger partial charge in [-0.2, -0.15) is 0 Å². The highest BCUT2D eigenvalue weighted by Crippen LogP contribution is 2.22. The van der Waals surface area contributed by atoms with Crippen LogP contribution >= 0.6 is 0 Å². The van der Waals surface area contributed by atoms with Crippen molar-refractivity contribution in [2.75, 3.05) is 5.32 Å². The summed E-state index contributed by atoms with van der Waals surface area (Å²) in [5, 5.41) is 13.9. The summed E-state index contributed by atoms with van der Waals surface area (Å²) < 4.78 is 0. The van der Waals surface area contributed by atoms with E-state index in [-0.39, 0.29) is 11.5 Å². The fourth-order valence-corrected chi connectivity index (χ4v) is 2.33. The molecule has 0 heterocycles. The zero-order chi connectivity index (χ0) is 16.9. The van der Waals surface area contributed by atoms with Gasteiger partial charge in [0.25, 0.3) is 5.69 Å². The maximum absolute atomic E-state index is 12.3. The molecule has 0 unspecified atom stereocenters. The highest BCUT2D eigenvalue weighted by Gasteiger charge is 2.09. The number of rotatable bonds is 5. The predicted molar refractivity (Wildman–Crippen MR) is 92.7 cm³/mol. The van der Waals surface area contributed by atoms with Gasteiger partial charge >= 0.3 is 0 Å². The molecule has 0 spiro atoms. The summed E-state index contributed by atoms with van der Waals surface area (Å²) in [5.74, 6) is -0.0440. The Labute approximate surface area is 138 Å². The summed E-state index contributed by atoms with van der Waals surface area (Å²) in [6.45, 7) is 0. The fraction of sp³-hybridized carbons (Fsp3) is 0. The number of nitrogens with one attached hydrogen (secondary N) is 1. The molecule has 0 amide bonds. The summed E-state index contributed by atoms with van der Waals surface area (Å²) in [6, 6.07) is 22.3. The first-order valence-corrected chi connectivity index (χ1v) is 7.35.